The van der Waals surface area contributed by atoms with Crippen LogP contribution in [0.5, 0.6) is 5.75 Å². The molecule has 27 heavy (non-hydrogen) atoms. The van der Waals surface area contributed by atoms with Crippen LogP contribution < -0.4 is 15.4 Å². The molecule has 0 fully saturated rings. The van der Waals surface area contributed by atoms with E-state index in [4.69, 9.17) is 0 Å². The Hall–Kier alpha value is -3.62. The molecular weight excluding hydrogens is 361 g/mol. The minimum atomic E-state index is -4.74. The standard InChI is InChI=1S/C18H13F3N4O2/c19-18(20,21)27-14-8-6-13(7-9-14)24-15-10-16(23-11-22-15)25-17(26)12-4-2-1-3-5-12/h1-11H,(H2,22,23,24,25,26). The van der Waals surface area contributed by atoms with Gasteiger partial charge in [-0.1, -0.05) is 18.2 Å². The Morgan fingerprint density at radius 2 is 1.59 bits per heavy atom. The Balaban J connectivity index is 1.66. The molecule has 3 rings (SSSR count). The molecule has 0 saturated carbocycles. The maximum atomic E-state index is 12.2. The van der Waals surface area contributed by atoms with E-state index < -0.39 is 6.36 Å². The minimum Gasteiger partial charge on any atom is -0.406 e. The molecule has 0 atom stereocenters. The van der Waals surface area contributed by atoms with Crippen molar-refractivity contribution < 1.29 is 22.7 Å². The van der Waals surface area contributed by atoms with Gasteiger partial charge in [0.2, 0.25) is 0 Å². The predicted molar refractivity (Wildman–Crippen MR) is 92.8 cm³/mol. The van der Waals surface area contributed by atoms with Gasteiger partial charge in [0.15, 0.2) is 0 Å². The van der Waals surface area contributed by atoms with Crippen molar-refractivity contribution in [2.45, 2.75) is 6.36 Å². The molecule has 0 bridgehead atoms. The van der Waals surface area contributed by atoms with Crippen molar-refractivity contribution in [3.05, 3.63) is 72.6 Å². The van der Waals surface area contributed by atoms with E-state index in [1.54, 1.807) is 30.3 Å². The number of amides is 1. The molecule has 9 heteroatoms. The van der Waals surface area contributed by atoms with Crippen molar-refractivity contribution in [3.63, 3.8) is 0 Å². The van der Waals surface area contributed by atoms with Crippen LogP contribution in [-0.2, 0) is 0 Å². The van der Waals surface area contributed by atoms with Gasteiger partial charge in [-0.25, -0.2) is 9.97 Å². The first-order valence-electron chi connectivity index (χ1n) is 7.70. The molecule has 0 saturated heterocycles. The maximum Gasteiger partial charge on any atom is 0.573 e. The zero-order valence-corrected chi connectivity index (χ0v) is 13.7. The third-order valence-corrected chi connectivity index (χ3v) is 3.30. The van der Waals surface area contributed by atoms with Crippen LogP contribution >= 0.6 is 0 Å². The molecule has 1 aromatic heterocycles. The highest BCUT2D eigenvalue weighted by atomic mass is 19.4. The number of benzene rings is 2. The van der Waals surface area contributed by atoms with Gasteiger partial charge < -0.3 is 15.4 Å². The summed E-state index contributed by atoms with van der Waals surface area (Å²) < 4.78 is 40.3. The van der Waals surface area contributed by atoms with E-state index in [0.717, 1.165) is 0 Å². The number of rotatable bonds is 5. The van der Waals surface area contributed by atoms with E-state index in [1.807, 2.05) is 0 Å². The second-order valence-corrected chi connectivity index (χ2v) is 5.31. The van der Waals surface area contributed by atoms with E-state index in [-0.39, 0.29) is 17.5 Å². The van der Waals surface area contributed by atoms with Gasteiger partial charge in [0.05, 0.1) is 0 Å². The highest BCUT2D eigenvalue weighted by Crippen LogP contribution is 2.25. The Morgan fingerprint density at radius 1 is 0.926 bits per heavy atom. The van der Waals surface area contributed by atoms with Crippen molar-refractivity contribution in [1.82, 2.24) is 9.97 Å². The van der Waals surface area contributed by atoms with Crippen molar-refractivity contribution >= 4 is 23.2 Å². The summed E-state index contributed by atoms with van der Waals surface area (Å²) in [5, 5.41) is 5.55. The number of halogens is 3. The Labute approximate surface area is 152 Å². The highest BCUT2D eigenvalue weighted by molar-refractivity contribution is 6.03. The van der Waals surface area contributed by atoms with E-state index in [2.05, 4.69) is 25.3 Å². The van der Waals surface area contributed by atoms with E-state index in [1.165, 1.54) is 36.7 Å². The van der Waals surface area contributed by atoms with Crippen molar-refractivity contribution in [2.24, 2.45) is 0 Å². The van der Waals surface area contributed by atoms with E-state index >= 15 is 0 Å². The number of alkyl halides is 3. The highest BCUT2D eigenvalue weighted by Gasteiger charge is 2.30. The smallest absolute Gasteiger partial charge is 0.406 e. The summed E-state index contributed by atoms with van der Waals surface area (Å²) in [6.07, 6.45) is -3.49. The summed E-state index contributed by atoms with van der Waals surface area (Å²) in [4.78, 5) is 20.1. The van der Waals surface area contributed by atoms with E-state index in [9.17, 15) is 18.0 Å². The molecule has 2 aromatic carbocycles. The second-order valence-electron chi connectivity index (χ2n) is 5.31. The van der Waals surface area contributed by atoms with Crippen LogP contribution in [0.4, 0.5) is 30.5 Å². The lowest BCUT2D eigenvalue weighted by Crippen LogP contribution is -2.17. The van der Waals surface area contributed by atoms with Crippen LogP contribution in [-0.4, -0.2) is 22.2 Å². The zero-order chi connectivity index (χ0) is 19.3. The molecule has 6 nitrogen and oxygen atoms in total. The van der Waals surface area contributed by atoms with Gasteiger partial charge in [0, 0.05) is 17.3 Å². The van der Waals surface area contributed by atoms with Gasteiger partial charge in [-0.15, -0.1) is 13.2 Å². The van der Waals surface area contributed by atoms with Crippen LogP contribution in [0.25, 0.3) is 0 Å². The van der Waals surface area contributed by atoms with Gasteiger partial charge in [-0.2, -0.15) is 0 Å². The van der Waals surface area contributed by atoms with Crippen LogP contribution in [0.15, 0.2) is 67.0 Å². The van der Waals surface area contributed by atoms with Gasteiger partial charge in [-0.3, -0.25) is 4.79 Å². The molecule has 2 N–H and O–H groups in total. The molecule has 0 spiro atoms. The molecule has 3 aromatic rings. The van der Waals surface area contributed by atoms with Crippen molar-refractivity contribution in [3.8, 4) is 5.75 Å². The third kappa shape index (κ3) is 5.43. The van der Waals surface area contributed by atoms with Crippen LogP contribution in [0.1, 0.15) is 10.4 Å². The number of hydrogen-bond acceptors (Lipinski definition) is 5. The molecule has 0 aliphatic heterocycles. The van der Waals surface area contributed by atoms with Crippen LogP contribution in [0.3, 0.4) is 0 Å². The summed E-state index contributed by atoms with van der Waals surface area (Å²) in [5.41, 5.74) is 0.967. The Bertz CT molecular complexity index is 916. The number of nitrogens with one attached hydrogen (secondary N) is 2. The first-order valence-corrected chi connectivity index (χ1v) is 7.70. The predicted octanol–water partition coefficient (Wildman–Crippen LogP) is 4.37. The molecule has 1 amide bonds. The second kappa shape index (κ2) is 7.73. The summed E-state index contributed by atoms with van der Waals surface area (Å²) in [5.74, 6) is -0.0170. The zero-order valence-electron chi connectivity index (χ0n) is 13.7. The van der Waals surface area contributed by atoms with E-state index in [0.29, 0.717) is 17.1 Å². The van der Waals surface area contributed by atoms with Crippen LogP contribution in [0, 0.1) is 0 Å². The maximum absolute atomic E-state index is 12.2. The van der Waals surface area contributed by atoms with Gasteiger partial charge in [-0.05, 0) is 36.4 Å². The monoisotopic (exact) mass is 374 g/mol. The summed E-state index contributed by atoms with van der Waals surface area (Å²) >= 11 is 0. The number of carbonyl (C=O) groups excluding carboxylic acids is 1. The number of ether oxygens (including phenoxy) is 1. The van der Waals surface area contributed by atoms with Gasteiger partial charge in [0.1, 0.15) is 23.7 Å². The molecule has 0 unspecified atom stereocenters. The SMILES string of the molecule is O=C(Nc1cc(Nc2ccc(OC(F)(F)F)cc2)ncn1)c1ccccc1. The molecule has 1 heterocycles. The fourth-order valence-corrected chi connectivity index (χ4v) is 2.16. The minimum absolute atomic E-state index is 0.276. The Morgan fingerprint density at radius 3 is 2.26 bits per heavy atom. The molecule has 0 aliphatic rings. The van der Waals surface area contributed by atoms with Crippen molar-refractivity contribution in [1.29, 1.82) is 0 Å². The quantitative estimate of drug-likeness (QED) is 0.694. The fraction of sp³-hybridized carbons (Fsp3) is 0.0556. The lowest BCUT2D eigenvalue weighted by molar-refractivity contribution is -0.274. The summed E-state index contributed by atoms with van der Waals surface area (Å²) in [7, 11) is 0. The summed E-state index contributed by atoms with van der Waals surface area (Å²) in [6, 6.07) is 15.3. The number of carbonyl (C=O) groups is 1. The lowest BCUT2D eigenvalue weighted by atomic mass is 10.2. The molecule has 0 aliphatic carbocycles. The fourth-order valence-electron chi connectivity index (χ4n) is 2.16. The van der Waals surface area contributed by atoms with Crippen LogP contribution in [0.2, 0.25) is 0 Å². The molecule has 138 valence electrons. The lowest BCUT2D eigenvalue weighted by Gasteiger charge is -2.10. The average Bonchev–Trinajstić information content (AvgIpc) is 2.63. The number of hydrogen-bond donors (Lipinski definition) is 2. The largest absolute Gasteiger partial charge is 0.573 e. The number of aromatic nitrogens is 2. The average molecular weight is 374 g/mol. The summed E-state index contributed by atoms with van der Waals surface area (Å²) in [6.45, 7) is 0. The van der Waals surface area contributed by atoms with Gasteiger partial charge in [0.25, 0.3) is 5.91 Å². The normalized spacial score (nSPS) is 10.9. The van der Waals surface area contributed by atoms with Crippen molar-refractivity contribution in [2.75, 3.05) is 10.6 Å². The Kier molecular flexibility index (Phi) is 5.20. The number of anilines is 3. The van der Waals surface area contributed by atoms with Gasteiger partial charge >= 0.3 is 6.36 Å². The number of nitrogens with zero attached hydrogens (tertiary/aromatic N) is 2. The first kappa shape index (κ1) is 18.2. The molecule has 0 radical (unpaired) electrons. The first-order chi connectivity index (χ1) is 12.9. The molecular formula is C18H13F3N4O2. The third-order valence-electron chi connectivity index (χ3n) is 3.30. The topological polar surface area (TPSA) is 76.1 Å².